The second-order valence-electron chi connectivity index (χ2n) is 6.73. The lowest BCUT2D eigenvalue weighted by Crippen LogP contribution is -2.13. The third kappa shape index (κ3) is 4.39. The molecular weight excluding hydrogens is 376 g/mol. The van der Waals surface area contributed by atoms with Gasteiger partial charge in [0.15, 0.2) is 0 Å². The zero-order valence-corrected chi connectivity index (χ0v) is 16.3. The molecule has 0 aliphatic carbocycles. The quantitative estimate of drug-likeness (QED) is 0.318. The summed E-state index contributed by atoms with van der Waals surface area (Å²) in [6.07, 6.45) is 3.31. The van der Waals surface area contributed by atoms with Crippen LogP contribution in [0.3, 0.4) is 0 Å². The molecule has 6 nitrogen and oxygen atoms in total. The van der Waals surface area contributed by atoms with Crippen LogP contribution in [0.4, 0.5) is 0 Å². The summed E-state index contributed by atoms with van der Waals surface area (Å²) < 4.78 is 6.03. The Hall–Kier alpha value is -3.90. The van der Waals surface area contributed by atoms with Crippen LogP contribution in [0.1, 0.15) is 16.7 Å². The van der Waals surface area contributed by atoms with Crippen LogP contribution in [-0.4, -0.2) is 22.3 Å². The van der Waals surface area contributed by atoms with Crippen molar-refractivity contribution in [3.05, 3.63) is 95.7 Å². The van der Waals surface area contributed by atoms with Crippen molar-refractivity contribution in [2.75, 3.05) is 0 Å². The third-order valence-corrected chi connectivity index (χ3v) is 4.71. The number of aliphatic imine (C=N–C) groups is 2. The minimum atomic E-state index is -0.119. The highest BCUT2D eigenvalue weighted by Crippen LogP contribution is 2.31. The topological polar surface area (TPSA) is 96.0 Å². The predicted molar refractivity (Wildman–Crippen MR) is 120 cm³/mol. The van der Waals surface area contributed by atoms with E-state index in [1.54, 1.807) is 0 Å². The van der Waals surface area contributed by atoms with Crippen LogP contribution in [0.25, 0.3) is 10.9 Å². The maximum absolute atomic E-state index is 9.81. The van der Waals surface area contributed by atoms with Gasteiger partial charge in [0.1, 0.15) is 23.7 Å². The lowest BCUT2D eigenvalue weighted by molar-refractivity contribution is 0.278. The summed E-state index contributed by atoms with van der Waals surface area (Å²) in [6.45, 7) is 0.429. The number of ether oxygens (including phenoxy) is 1. The Kier molecular flexibility index (Phi) is 5.87. The van der Waals surface area contributed by atoms with Crippen molar-refractivity contribution in [2.45, 2.75) is 13.2 Å². The Bertz CT molecular complexity index is 1200. The molecule has 150 valence electrons. The molecule has 0 radical (unpaired) electrons. The largest absolute Gasteiger partial charge is 0.457 e. The normalized spacial score (nSPS) is 12.0. The summed E-state index contributed by atoms with van der Waals surface area (Å²) in [6, 6.07) is 23.0. The van der Waals surface area contributed by atoms with Crippen LogP contribution in [0.2, 0.25) is 0 Å². The van der Waals surface area contributed by atoms with Gasteiger partial charge in [0.2, 0.25) is 0 Å². The lowest BCUT2D eigenvalue weighted by Gasteiger charge is -2.12. The monoisotopic (exact) mass is 398 g/mol. The van der Waals surface area contributed by atoms with E-state index in [0.717, 1.165) is 27.6 Å². The number of aliphatic hydroxyl groups is 1. The smallest absolute Gasteiger partial charge is 0.133 e. The number of benzene rings is 3. The Morgan fingerprint density at radius 2 is 1.90 bits per heavy atom. The number of nitrogens with zero attached hydrogens (tertiary/aromatic N) is 2. The summed E-state index contributed by atoms with van der Waals surface area (Å²) >= 11 is 0. The second kappa shape index (κ2) is 9.07. The van der Waals surface area contributed by atoms with Crippen LogP contribution >= 0.6 is 0 Å². The molecule has 0 bridgehead atoms. The Balaban J connectivity index is 1.50. The molecule has 4 aromatic rings. The summed E-state index contributed by atoms with van der Waals surface area (Å²) in [5, 5.41) is 10.7. The first-order chi connectivity index (χ1) is 14.7. The third-order valence-electron chi connectivity index (χ3n) is 4.71. The number of hydrogen-bond acceptors (Lipinski definition) is 3. The lowest BCUT2D eigenvalue weighted by atomic mass is 10.1. The molecule has 0 spiro atoms. The molecule has 3 aromatic carbocycles. The number of amidine groups is 1. The predicted octanol–water partition coefficient (Wildman–Crippen LogP) is 4.39. The Morgan fingerprint density at radius 1 is 1.03 bits per heavy atom. The second-order valence-corrected chi connectivity index (χ2v) is 6.73. The Morgan fingerprint density at radius 3 is 2.73 bits per heavy atom. The van der Waals surface area contributed by atoms with E-state index in [-0.39, 0.29) is 6.61 Å². The van der Waals surface area contributed by atoms with E-state index in [1.165, 1.54) is 6.34 Å². The van der Waals surface area contributed by atoms with Gasteiger partial charge in [0.05, 0.1) is 13.2 Å². The standard InChI is InChI=1S/C24H22N4O2/c25-24(28-16-26-14-17-5-2-1-3-6-17)18-7-4-8-19(13-18)30-23-10-9-22-20(11-12-27-22)21(23)15-29/h1-13,16,27,29H,14-15H2,(H2,25,26,28). The molecule has 0 saturated heterocycles. The van der Waals surface area contributed by atoms with Crippen molar-refractivity contribution < 1.29 is 9.84 Å². The van der Waals surface area contributed by atoms with Crippen molar-refractivity contribution in [3.8, 4) is 11.5 Å². The highest BCUT2D eigenvalue weighted by Gasteiger charge is 2.10. The maximum Gasteiger partial charge on any atom is 0.133 e. The number of nitrogens with one attached hydrogen (secondary N) is 1. The van der Waals surface area contributed by atoms with Crippen LogP contribution in [0.5, 0.6) is 11.5 Å². The van der Waals surface area contributed by atoms with Crippen LogP contribution < -0.4 is 10.5 Å². The summed E-state index contributed by atoms with van der Waals surface area (Å²) in [5.74, 6) is 1.55. The molecule has 0 saturated carbocycles. The zero-order chi connectivity index (χ0) is 20.8. The van der Waals surface area contributed by atoms with Crippen molar-refractivity contribution in [1.82, 2.24) is 4.98 Å². The zero-order valence-electron chi connectivity index (χ0n) is 16.3. The van der Waals surface area contributed by atoms with Gasteiger partial charge >= 0.3 is 0 Å². The van der Waals surface area contributed by atoms with E-state index in [2.05, 4.69) is 15.0 Å². The highest BCUT2D eigenvalue weighted by molar-refractivity contribution is 6.01. The molecule has 0 aliphatic rings. The molecule has 0 aliphatic heterocycles. The van der Waals surface area contributed by atoms with Gasteiger partial charge in [-0.15, -0.1) is 0 Å². The number of aromatic amines is 1. The minimum Gasteiger partial charge on any atom is -0.457 e. The highest BCUT2D eigenvalue weighted by atomic mass is 16.5. The van der Waals surface area contributed by atoms with E-state index in [1.807, 2.05) is 79.0 Å². The molecule has 4 N–H and O–H groups in total. The number of nitrogens with two attached hydrogens (primary N) is 1. The van der Waals surface area contributed by atoms with Crippen LogP contribution in [0, 0.1) is 0 Å². The fourth-order valence-corrected chi connectivity index (χ4v) is 3.19. The van der Waals surface area contributed by atoms with E-state index >= 15 is 0 Å². The van der Waals surface area contributed by atoms with E-state index in [9.17, 15) is 5.11 Å². The van der Waals surface area contributed by atoms with Gasteiger partial charge in [-0.25, -0.2) is 4.99 Å². The molecular formula is C24H22N4O2. The average molecular weight is 398 g/mol. The van der Waals surface area contributed by atoms with Gasteiger partial charge in [-0.3, -0.25) is 4.99 Å². The van der Waals surface area contributed by atoms with Crippen molar-refractivity contribution >= 4 is 23.1 Å². The fraction of sp³-hybridized carbons (Fsp3) is 0.0833. The van der Waals surface area contributed by atoms with Gasteiger partial charge in [0, 0.05) is 28.2 Å². The summed E-state index contributed by atoms with van der Waals surface area (Å²) in [7, 11) is 0. The van der Waals surface area contributed by atoms with Crippen molar-refractivity contribution in [3.63, 3.8) is 0 Å². The molecule has 0 fully saturated rings. The van der Waals surface area contributed by atoms with Gasteiger partial charge in [-0.05, 0) is 35.9 Å². The molecule has 0 amide bonds. The van der Waals surface area contributed by atoms with Gasteiger partial charge in [-0.1, -0.05) is 42.5 Å². The van der Waals surface area contributed by atoms with Crippen molar-refractivity contribution in [1.29, 1.82) is 0 Å². The molecule has 1 aromatic heterocycles. The molecule has 4 rings (SSSR count). The molecule has 1 heterocycles. The average Bonchev–Trinajstić information content (AvgIpc) is 3.26. The Labute approximate surface area is 174 Å². The van der Waals surface area contributed by atoms with E-state index < -0.39 is 0 Å². The molecule has 30 heavy (non-hydrogen) atoms. The number of rotatable bonds is 7. The number of aromatic nitrogens is 1. The fourth-order valence-electron chi connectivity index (χ4n) is 3.19. The van der Waals surface area contributed by atoms with Crippen LogP contribution in [0.15, 0.2) is 89.0 Å². The minimum absolute atomic E-state index is 0.119. The first-order valence-corrected chi connectivity index (χ1v) is 9.58. The molecule has 0 atom stereocenters. The number of fused-ring (bicyclic) bond motifs is 1. The van der Waals surface area contributed by atoms with Crippen molar-refractivity contribution in [2.24, 2.45) is 15.7 Å². The first-order valence-electron chi connectivity index (χ1n) is 9.58. The SMILES string of the molecule is NC(=NC=NCc1ccccc1)c1cccc(Oc2ccc3[nH]ccc3c2CO)c1. The number of aliphatic hydroxyl groups excluding tert-OH is 1. The number of H-pyrrole nitrogens is 1. The van der Waals surface area contributed by atoms with E-state index in [0.29, 0.717) is 23.9 Å². The van der Waals surface area contributed by atoms with Crippen LogP contribution in [-0.2, 0) is 13.2 Å². The maximum atomic E-state index is 9.81. The van der Waals surface area contributed by atoms with E-state index in [4.69, 9.17) is 10.5 Å². The van der Waals surface area contributed by atoms with Gasteiger partial charge < -0.3 is 20.6 Å². The van der Waals surface area contributed by atoms with Gasteiger partial charge in [0.25, 0.3) is 0 Å². The summed E-state index contributed by atoms with van der Waals surface area (Å²) in [4.78, 5) is 11.7. The van der Waals surface area contributed by atoms with Gasteiger partial charge in [-0.2, -0.15) is 0 Å². The first kappa shape index (κ1) is 19.4. The summed E-state index contributed by atoms with van der Waals surface area (Å²) in [5.41, 5.74) is 9.63. The number of hydrogen-bond donors (Lipinski definition) is 3. The molecule has 0 unspecified atom stereocenters. The molecule has 6 heteroatoms.